The molecular weight excluding hydrogens is 420 g/mol. The molecule has 0 aromatic heterocycles. The molecule has 1 aromatic rings. The summed E-state index contributed by atoms with van der Waals surface area (Å²) >= 11 is 0. The van der Waals surface area contributed by atoms with E-state index >= 15 is 0 Å². The van der Waals surface area contributed by atoms with Gasteiger partial charge in [0.05, 0.1) is 7.11 Å². The number of piperidine rings is 1. The van der Waals surface area contributed by atoms with Crippen LogP contribution in [0.15, 0.2) is 24.3 Å². The Kier molecular flexibility index (Phi) is 8.00. The lowest BCUT2D eigenvalue weighted by Crippen LogP contribution is -2.56. The van der Waals surface area contributed by atoms with Gasteiger partial charge < -0.3 is 19.9 Å². The topological polar surface area (TPSA) is 82.2 Å². The van der Waals surface area contributed by atoms with E-state index in [1.54, 1.807) is 19.2 Å². The van der Waals surface area contributed by atoms with Gasteiger partial charge in [-0.05, 0) is 69.8 Å². The van der Waals surface area contributed by atoms with Gasteiger partial charge in [0.2, 0.25) is 0 Å². The largest absolute Gasteiger partial charge is 0.497 e. The van der Waals surface area contributed by atoms with Crippen molar-refractivity contribution in [2.24, 2.45) is 11.8 Å². The first-order chi connectivity index (χ1) is 15.7. The summed E-state index contributed by atoms with van der Waals surface area (Å²) < 4.78 is 5.25. The van der Waals surface area contributed by atoms with Crippen molar-refractivity contribution in [1.29, 1.82) is 0 Å². The molecule has 2 aliphatic heterocycles. The van der Waals surface area contributed by atoms with E-state index in [1.807, 2.05) is 36.0 Å². The van der Waals surface area contributed by atoms with Crippen molar-refractivity contribution >= 4 is 17.8 Å². The van der Waals surface area contributed by atoms with E-state index in [2.05, 4.69) is 19.2 Å². The molecule has 2 saturated heterocycles. The van der Waals surface area contributed by atoms with Gasteiger partial charge in [-0.25, -0.2) is 4.79 Å². The molecule has 2 heterocycles. The SMILES string of the molecule is COc1cccc(C(=O)N2CCC([C@]3(CCC(C)C)NC(=O)N(CCN(C)C)C3=O)CC2)c1. The van der Waals surface area contributed by atoms with Crippen LogP contribution in [0.4, 0.5) is 4.79 Å². The third kappa shape index (κ3) is 5.49. The number of hydrogen-bond acceptors (Lipinski definition) is 5. The molecule has 0 aliphatic carbocycles. The number of imide groups is 1. The van der Waals surface area contributed by atoms with Gasteiger partial charge in [-0.2, -0.15) is 0 Å². The van der Waals surface area contributed by atoms with E-state index in [0.29, 0.717) is 62.7 Å². The lowest BCUT2D eigenvalue weighted by atomic mass is 9.73. The van der Waals surface area contributed by atoms with Crippen LogP contribution in [0.1, 0.15) is 49.9 Å². The van der Waals surface area contributed by atoms with Gasteiger partial charge in [0.1, 0.15) is 11.3 Å². The van der Waals surface area contributed by atoms with Gasteiger partial charge in [0, 0.05) is 31.7 Å². The van der Waals surface area contributed by atoms with Crippen LogP contribution < -0.4 is 10.1 Å². The number of nitrogens with one attached hydrogen (secondary N) is 1. The number of benzene rings is 1. The van der Waals surface area contributed by atoms with Crippen molar-refractivity contribution < 1.29 is 19.1 Å². The Morgan fingerprint density at radius 3 is 2.55 bits per heavy atom. The van der Waals surface area contributed by atoms with E-state index < -0.39 is 5.54 Å². The Labute approximate surface area is 197 Å². The van der Waals surface area contributed by atoms with E-state index in [9.17, 15) is 14.4 Å². The minimum Gasteiger partial charge on any atom is -0.497 e. The summed E-state index contributed by atoms with van der Waals surface area (Å²) in [5.74, 6) is 0.953. The predicted molar refractivity (Wildman–Crippen MR) is 127 cm³/mol. The fraction of sp³-hybridized carbons (Fsp3) is 0.640. The summed E-state index contributed by atoms with van der Waals surface area (Å²) in [4.78, 5) is 44.6. The van der Waals surface area contributed by atoms with Crippen molar-refractivity contribution in [2.45, 2.75) is 45.1 Å². The molecule has 8 heteroatoms. The van der Waals surface area contributed by atoms with Crippen LogP contribution in [-0.2, 0) is 4.79 Å². The van der Waals surface area contributed by atoms with Gasteiger partial charge in [0.25, 0.3) is 11.8 Å². The predicted octanol–water partition coefficient (Wildman–Crippen LogP) is 2.84. The van der Waals surface area contributed by atoms with Crippen LogP contribution in [0, 0.1) is 11.8 Å². The molecule has 8 nitrogen and oxygen atoms in total. The number of urea groups is 1. The number of likely N-dealkylation sites (tertiary alicyclic amines) is 1. The van der Waals surface area contributed by atoms with Crippen molar-refractivity contribution in [3.8, 4) is 5.75 Å². The summed E-state index contributed by atoms with van der Waals surface area (Å²) in [6.45, 7) is 6.40. The Morgan fingerprint density at radius 1 is 1.24 bits per heavy atom. The second kappa shape index (κ2) is 10.5. The second-order valence-electron chi connectivity index (χ2n) is 9.89. The van der Waals surface area contributed by atoms with Gasteiger partial charge >= 0.3 is 6.03 Å². The average Bonchev–Trinajstić information content (AvgIpc) is 3.05. The molecule has 0 spiro atoms. The van der Waals surface area contributed by atoms with Crippen LogP contribution in [0.25, 0.3) is 0 Å². The van der Waals surface area contributed by atoms with Crippen LogP contribution in [0.3, 0.4) is 0 Å². The fourth-order valence-corrected chi connectivity index (χ4v) is 4.83. The van der Waals surface area contributed by atoms with Gasteiger partial charge in [-0.15, -0.1) is 0 Å². The normalized spacial score (nSPS) is 21.8. The van der Waals surface area contributed by atoms with Gasteiger partial charge in [-0.1, -0.05) is 19.9 Å². The van der Waals surface area contributed by atoms with Gasteiger partial charge in [-0.3, -0.25) is 14.5 Å². The molecule has 2 aliphatic rings. The molecule has 182 valence electrons. The Morgan fingerprint density at radius 2 is 1.94 bits per heavy atom. The highest BCUT2D eigenvalue weighted by molar-refractivity contribution is 6.07. The lowest BCUT2D eigenvalue weighted by Gasteiger charge is -2.41. The molecule has 4 amide bonds. The summed E-state index contributed by atoms with van der Waals surface area (Å²) in [5.41, 5.74) is -0.277. The maximum Gasteiger partial charge on any atom is 0.325 e. The third-order valence-corrected chi connectivity index (χ3v) is 6.88. The highest BCUT2D eigenvalue weighted by atomic mass is 16.5. The number of hydrogen-bond donors (Lipinski definition) is 1. The van der Waals surface area contributed by atoms with E-state index in [0.717, 1.165) is 6.42 Å². The molecule has 1 atom stereocenters. The molecule has 0 radical (unpaired) electrons. The van der Waals surface area contributed by atoms with E-state index in [1.165, 1.54) is 4.90 Å². The summed E-state index contributed by atoms with van der Waals surface area (Å²) in [7, 11) is 5.44. The molecule has 2 fully saturated rings. The number of rotatable bonds is 9. The molecule has 0 saturated carbocycles. The smallest absolute Gasteiger partial charge is 0.325 e. The van der Waals surface area contributed by atoms with Crippen LogP contribution >= 0.6 is 0 Å². The number of likely N-dealkylation sites (N-methyl/N-ethyl adjacent to an activating group) is 1. The molecule has 33 heavy (non-hydrogen) atoms. The summed E-state index contributed by atoms with van der Waals surface area (Å²) in [6.07, 6.45) is 2.85. The van der Waals surface area contributed by atoms with Crippen molar-refractivity contribution in [2.75, 3.05) is 47.4 Å². The standard InChI is InChI=1S/C25H38N4O4/c1-18(2)9-12-25(23(31)29(24(32)26-25)16-15-27(3)4)20-10-13-28(14-11-20)22(30)19-7-6-8-21(17-19)33-5/h6-8,17-18,20H,9-16H2,1-5H3,(H,26,32)/t25-/m0/s1. The van der Waals surface area contributed by atoms with Crippen molar-refractivity contribution in [3.63, 3.8) is 0 Å². The number of methoxy groups -OCH3 is 1. The minimum absolute atomic E-state index is 0.00594. The number of carbonyl (C=O) groups excluding carboxylic acids is 3. The van der Waals surface area contributed by atoms with Crippen LogP contribution in [-0.4, -0.2) is 85.5 Å². The fourth-order valence-electron chi connectivity index (χ4n) is 4.83. The third-order valence-electron chi connectivity index (χ3n) is 6.88. The maximum absolute atomic E-state index is 13.6. The monoisotopic (exact) mass is 458 g/mol. The lowest BCUT2D eigenvalue weighted by molar-refractivity contribution is -0.134. The van der Waals surface area contributed by atoms with Crippen LogP contribution in [0.5, 0.6) is 5.75 Å². The van der Waals surface area contributed by atoms with Crippen molar-refractivity contribution in [3.05, 3.63) is 29.8 Å². The first-order valence-corrected chi connectivity index (χ1v) is 11.9. The zero-order valence-corrected chi connectivity index (χ0v) is 20.6. The number of ether oxygens (including phenoxy) is 1. The van der Waals surface area contributed by atoms with Gasteiger partial charge in [0.15, 0.2) is 0 Å². The van der Waals surface area contributed by atoms with Crippen molar-refractivity contribution in [1.82, 2.24) is 20.0 Å². The Balaban J connectivity index is 1.74. The number of amides is 4. The quantitative estimate of drug-likeness (QED) is 0.576. The molecule has 1 N–H and O–H groups in total. The molecule has 3 rings (SSSR count). The number of nitrogens with zero attached hydrogens (tertiary/aromatic N) is 3. The Bertz CT molecular complexity index is 864. The Hall–Kier alpha value is -2.61. The average molecular weight is 459 g/mol. The summed E-state index contributed by atoms with van der Waals surface area (Å²) in [6, 6.07) is 6.89. The number of carbonyl (C=O) groups is 3. The highest BCUT2D eigenvalue weighted by Gasteiger charge is 2.55. The van der Waals surface area contributed by atoms with E-state index in [4.69, 9.17) is 4.74 Å². The minimum atomic E-state index is -0.876. The highest BCUT2D eigenvalue weighted by Crippen LogP contribution is 2.38. The first kappa shape index (κ1) is 25.0. The zero-order chi connectivity index (χ0) is 24.2. The first-order valence-electron chi connectivity index (χ1n) is 11.9. The maximum atomic E-state index is 13.6. The molecule has 0 bridgehead atoms. The zero-order valence-electron chi connectivity index (χ0n) is 20.6. The van der Waals surface area contributed by atoms with E-state index in [-0.39, 0.29) is 23.8 Å². The second-order valence-corrected chi connectivity index (χ2v) is 9.89. The molecular formula is C25H38N4O4. The molecule has 0 unspecified atom stereocenters. The molecule has 1 aromatic carbocycles. The summed E-state index contributed by atoms with van der Waals surface area (Å²) in [5, 5.41) is 3.11. The van der Waals surface area contributed by atoms with Crippen LogP contribution in [0.2, 0.25) is 0 Å².